The molecule has 1 amide bonds. The van der Waals surface area contributed by atoms with Gasteiger partial charge in [-0.05, 0) is 63.5 Å². The summed E-state index contributed by atoms with van der Waals surface area (Å²) in [6.45, 7) is 0. The Labute approximate surface area is 254 Å². The number of halogens is 9. The Bertz CT molecular complexity index is 1540. The van der Waals surface area contributed by atoms with E-state index in [1.54, 1.807) is 18.2 Å². The molecule has 1 N–H and O–H groups in total. The Morgan fingerprint density at radius 1 is 0.950 bits per heavy atom. The summed E-state index contributed by atoms with van der Waals surface area (Å²) >= 11 is 28.3. The fourth-order valence-corrected chi connectivity index (χ4v) is 5.84. The van der Waals surface area contributed by atoms with E-state index >= 15 is 0 Å². The first-order valence-corrected chi connectivity index (χ1v) is 13.8. The molecule has 0 aromatic heterocycles. The first-order valence-electron chi connectivity index (χ1n) is 11.4. The summed E-state index contributed by atoms with van der Waals surface area (Å²) < 4.78 is 53.3. The van der Waals surface area contributed by atoms with Crippen LogP contribution in [0.15, 0.2) is 53.0 Å². The summed E-state index contributed by atoms with van der Waals surface area (Å²) in [7, 11) is 0. The number of rotatable bonds is 9. The van der Waals surface area contributed by atoms with Crippen molar-refractivity contribution in [3.63, 3.8) is 0 Å². The number of benzene rings is 3. The number of alkyl halides is 4. The average molecular weight is 700 g/mol. The predicted molar refractivity (Wildman–Crippen MR) is 149 cm³/mol. The van der Waals surface area contributed by atoms with Gasteiger partial charge in [-0.25, -0.2) is 17.6 Å². The van der Waals surface area contributed by atoms with Crippen LogP contribution in [0.5, 0.6) is 0 Å². The van der Waals surface area contributed by atoms with Crippen LogP contribution in [-0.4, -0.2) is 28.2 Å². The highest BCUT2D eigenvalue weighted by atomic mass is 79.9. The van der Waals surface area contributed by atoms with Gasteiger partial charge in [0, 0.05) is 40.0 Å². The topological polar surface area (TPSA) is 63.2 Å². The Balaban J connectivity index is 1.51. The van der Waals surface area contributed by atoms with E-state index in [0.717, 1.165) is 12.1 Å². The van der Waals surface area contributed by atoms with Crippen molar-refractivity contribution in [1.29, 1.82) is 0 Å². The van der Waals surface area contributed by atoms with Gasteiger partial charge in [0.25, 0.3) is 6.43 Å². The van der Waals surface area contributed by atoms with Gasteiger partial charge in [-0.15, -0.1) is 23.2 Å². The van der Waals surface area contributed by atoms with E-state index in [0.29, 0.717) is 15.1 Å². The van der Waals surface area contributed by atoms with Gasteiger partial charge in [-0.3, -0.25) is 14.4 Å². The molecule has 0 radical (unpaired) electrons. The Morgan fingerprint density at radius 2 is 1.62 bits per heavy atom. The molecule has 0 spiro atoms. The van der Waals surface area contributed by atoms with Gasteiger partial charge in [-0.2, -0.15) is 0 Å². The van der Waals surface area contributed by atoms with Crippen molar-refractivity contribution >= 4 is 85.5 Å². The molecule has 40 heavy (non-hydrogen) atoms. The maximum atomic E-state index is 14.9. The van der Waals surface area contributed by atoms with Gasteiger partial charge in [0.05, 0.1) is 16.0 Å². The molecule has 3 aromatic rings. The molecule has 2 atom stereocenters. The molecule has 1 aliphatic carbocycles. The molecule has 0 aliphatic heterocycles. The van der Waals surface area contributed by atoms with E-state index in [9.17, 15) is 31.9 Å². The molecule has 210 valence electrons. The number of amides is 1. The van der Waals surface area contributed by atoms with Crippen molar-refractivity contribution in [2.75, 3.05) is 5.32 Å². The van der Waals surface area contributed by atoms with Gasteiger partial charge in [0.15, 0.2) is 5.78 Å². The van der Waals surface area contributed by atoms with Gasteiger partial charge in [-0.1, -0.05) is 35.3 Å². The van der Waals surface area contributed by atoms with Crippen LogP contribution in [0.1, 0.15) is 33.0 Å². The van der Waals surface area contributed by atoms with E-state index in [2.05, 4.69) is 21.2 Å². The van der Waals surface area contributed by atoms with Crippen molar-refractivity contribution < 1.29 is 31.9 Å². The van der Waals surface area contributed by atoms with Crippen LogP contribution in [0.25, 0.3) is 0 Å². The van der Waals surface area contributed by atoms with E-state index in [4.69, 9.17) is 46.4 Å². The minimum absolute atomic E-state index is 0.0158. The van der Waals surface area contributed by atoms with E-state index < -0.39 is 70.1 Å². The fourth-order valence-electron chi connectivity index (χ4n) is 4.27. The quantitative estimate of drug-likeness (QED) is 0.139. The fraction of sp³-hybridized carbons (Fsp3) is 0.222. The number of nitrogens with one attached hydrogen (secondary N) is 1. The summed E-state index contributed by atoms with van der Waals surface area (Å²) in [5.41, 5.74) is -0.416. The second-order valence-electron chi connectivity index (χ2n) is 9.03. The molecule has 4 rings (SSSR count). The molecule has 0 saturated heterocycles. The summed E-state index contributed by atoms with van der Waals surface area (Å²) in [6, 6.07) is 10.9. The minimum atomic E-state index is -3.40. The predicted octanol–water partition coefficient (Wildman–Crippen LogP) is 8.36. The van der Waals surface area contributed by atoms with Crippen molar-refractivity contribution in [3.8, 4) is 0 Å². The Morgan fingerprint density at radius 3 is 2.27 bits per heavy atom. The highest BCUT2D eigenvalue weighted by Crippen LogP contribution is 2.65. The van der Waals surface area contributed by atoms with Crippen LogP contribution in [0.4, 0.5) is 23.2 Å². The van der Waals surface area contributed by atoms with Crippen LogP contribution in [0, 0.1) is 17.6 Å². The summed E-state index contributed by atoms with van der Waals surface area (Å²) in [5, 5.41) is 3.10. The summed E-state index contributed by atoms with van der Waals surface area (Å²) in [6.07, 6.45) is -5.19. The molecule has 0 bridgehead atoms. The normalized spacial score (nSPS) is 17.6. The van der Waals surface area contributed by atoms with Crippen LogP contribution in [-0.2, 0) is 22.4 Å². The molecular weight excluding hydrogens is 684 g/mol. The van der Waals surface area contributed by atoms with Gasteiger partial charge < -0.3 is 5.32 Å². The molecule has 0 unspecified atom stereocenters. The molecule has 3 aromatic carbocycles. The van der Waals surface area contributed by atoms with Crippen LogP contribution in [0.3, 0.4) is 0 Å². The maximum absolute atomic E-state index is 14.9. The molecule has 13 heteroatoms. The third-order valence-corrected chi connectivity index (χ3v) is 8.87. The number of hydrogen-bond acceptors (Lipinski definition) is 3. The smallest absolute Gasteiger partial charge is 0.296 e. The minimum Gasteiger partial charge on any atom is -0.326 e. The third-order valence-electron chi connectivity index (χ3n) is 6.38. The van der Waals surface area contributed by atoms with E-state index in [-0.39, 0.29) is 21.8 Å². The summed E-state index contributed by atoms with van der Waals surface area (Å²) in [4.78, 5) is 37.4. The zero-order valence-corrected chi connectivity index (χ0v) is 24.5. The second-order valence-corrected chi connectivity index (χ2v) is 12.1. The van der Waals surface area contributed by atoms with Crippen molar-refractivity contribution in [1.82, 2.24) is 0 Å². The van der Waals surface area contributed by atoms with Crippen LogP contribution >= 0.6 is 62.3 Å². The lowest BCUT2D eigenvalue weighted by Gasteiger charge is -2.11. The van der Waals surface area contributed by atoms with Crippen molar-refractivity contribution in [2.24, 2.45) is 5.92 Å². The van der Waals surface area contributed by atoms with Gasteiger partial charge >= 0.3 is 0 Å². The number of carbonyl (C=O) groups excluding carboxylic acids is 3. The van der Waals surface area contributed by atoms with Crippen molar-refractivity contribution in [2.45, 2.75) is 29.5 Å². The maximum Gasteiger partial charge on any atom is 0.296 e. The molecule has 1 saturated carbocycles. The third kappa shape index (κ3) is 6.34. The number of anilines is 1. The molecule has 1 aliphatic rings. The number of hydrogen-bond donors (Lipinski definition) is 1. The lowest BCUT2D eigenvalue weighted by atomic mass is 9.98. The van der Waals surface area contributed by atoms with Crippen LogP contribution < -0.4 is 5.32 Å². The highest BCUT2D eigenvalue weighted by Gasteiger charge is 2.67. The lowest BCUT2D eigenvalue weighted by molar-refractivity contribution is -0.128. The average Bonchev–Trinajstić information content (AvgIpc) is 3.47. The van der Waals surface area contributed by atoms with Crippen molar-refractivity contribution in [3.05, 3.63) is 96.9 Å². The molecule has 4 nitrogen and oxygen atoms in total. The lowest BCUT2D eigenvalue weighted by Crippen LogP contribution is -2.18. The van der Waals surface area contributed by atoms with Gasteiger partial charge in [0.1, 0.15) is 16.0 Å². The number of carbonyl (C=O) groups is 3. The second kappa shape index (κ2) is 12.0. The highest BCUT2D eigenvalue weighted by molar-refractivity contribution is 9.10. The Hall–Kier alpha value is -2.17. The Kier molecular flexibility index (Phi) is 9.22. The largest absolute Gasteiger partial charge is 0.326 e. The van der Waals surface area contributed by atoms with Gasteiger partial charge in [0.2, 0.25) is 11.7 Å². The monoisotopic (exact) mass is 697 g/mol. The number of Topliss-reactive ketones (excluding diaryl/α,β-unsaturated/α-hetero) is 2. The van der Waals surface area contributed by atoms with E-state index in [1.807, 2.05) is 0 Å². The number of ketones is 2. The first kappa shape index (κ1) is 30.8. The van der Waals surface area contributed by atoms with E-state index in [1.165, 1.54) is 18.2 Å². The summed E-state index contributed by atoms with van der Waals surface area (Å²) in [5.74, 6) is -6.74. The molecular formula is C27H16BrCl4F4NO3. The first-order chi connectivity index (χ1) is 18.7. The zero-order chi connectivity index (χ0) is 29.5. The molecule has 0 heterocycles. The zero-order valence-electron chi connectivity index (χ0n) is 19.9. The van der Waals surface area contributed by atoms with Crippen LogP contribution in [0.2, 0.25) is 10.0 Å². The molecule has 1 fully saturated rings. The standard InChI is InChI=1S/C27H16BrCl4F4NO3/c28-16-7-11(1-4-18(16)30)22-23(27(22,31)32)26(40)37-13-3-5-17(29)14(9-13)20(38)8-12-2-6-19(33)15(24(12)34)10-21(39)25(35)36/h1-7,9,22-23,25H,8,10H2,(H,37,40)/t22-,23+/m0/s1. The SMILES string of the molecule is O=C(Cc1ccc(F)c(CC(=O)C(F)F)c1F)c1cc(NC(=O)[C@H]2[C@H](c3ccc(Cl)c(Br)c3)C2(Cl)Cl)ccc1Cl.